The Morgan fingerprint density at radius 1 is 0.969 bits per heavy atom. The van der Waals surface area contributed by atoms with Crippen LogP contribution in [0.15, 0.2) is 71.6 Å². The van der Waals surface area contributed by atoms with E-state index in [-0.39, 0.29) is 10.6 Å². The molecule has 0 aliphatic heterocycles. The van der Waals surface area contributed by atoms with Crippen molar-refractivity contribution in [2.45, 2.75) is 24.3 Å². The van der Waals surface area contributed by atoms with Gasteiger partial charge in [-0.25, -0.2) is 12.8 Å². The summed E-state index contributed by atoms with van der Waals surface area (Å²) in [5.41, 5.74) is 0.615. The highest BCUT2D eigenvalue weighted by molar-refractivity contribution is 7.92. The molecule has 32 heavy (non-hydrogen) atoms. The average molecular weight is 497 g/mol. The van der Waals surface area contributed by atoms with Crippen LogP contribution >= 0.6 is 23.2 Å². The molecule has 1 amide bonds. The van der Waals surface area contributed by atoms with Crippen LogP contribution in [0.25, 0.3) is 0 Å². The van der Waals surface area contributed by atoms with Gasteiger partial charge in [0.05, 0.1) is 10.6 Å². The van der Waals surface area contributed by atoms with E-state index in [1.807, 2.05) is 0 Å². The largest absolute Gasteiger partial charge is 0.481 e. The summed E-state index contributed by atoms with van der Waals surface area (Å²) < 4.78 is 46.3. The fourth-order valence-corrected chi connectivity index (χ4v) is 4.33. The van der Waals surface area contributed by atoms with Crippen molar-refractivity contribution in [2.24, 2.45) is 0 Å². The van der Waals surface area contributed by atoms with E-state index >= 15 is 0 Å². The number of sulfonamides is 1. The summed E-state index contributed by atoms with van der Waals surface area (Å²) in [4.78, 5) is 12.5. The van der Waals surface area contributed by atoms with Gasteiger partial charge in [-0.3, -0.25) is 9.52 Å². The van der Waals surface area contributed by atoms with E-state index in [1.54, 1.807) is 6.92 Å². The van der Waals surface area contributed by atoms with Gasteiger partial charge in [0.15, 0.2) is 6.10 Å². The molecule has 0 fully saturated rings. The smallest absolute Gasteiger partial charge is 0.265 e. The van der Waals surface area contributed by atoms with Crippen LogP contribution in [0.3, 0.4) is 0 Å². The van der Waals surface area contributed by atoms with Gasteiger partial charge in [0.25, 0.3) is 15.9 Å². The minimum atomic E-state index is -3.89. The number of ether oxygens (including phenoxy) is 1. The van der Waals surface area contributed by atoms with Crippen molar-refractivity contribution in [3.05, 3.63) is 82.6 Å². The SMILES string of the molecule is CC[C@@H](Oc1ccc(F)cc1)C(=O)Nc1ccc(S(=O)(=O)Nc2cc(Cl)cc(Cl)c2)cc1. The lowest BCUT2D eigenvalue weighted by atomic mass is 10.2. The molecule has 0 heterocycles. The van der Waals surface area contributed by atoms with Crippen LogP contribution in [0.5, 0.6) is 5.75 Å². The van der Waals surface area contributed by atoms with E-state index in [4.69, 9.17) is 27.9 Å². The van der Waals surface area contributed by atoms with Crippen molar-refractivity contribution in [1.29, 1.82) is 0 Å². The monoisotopic (exact) mass is 496 g/mol. The van der Waals surface area contributed by atoms with Gasteiger partial charge in [-0.1, -0.05) is 30.1 Å². The first-order valence-electron chi connectivity index (χ1n) is 9.48. The molecule has 1 atom stereocenters. The molecule has 10 heteroatoms. The third kappa shape index (κ3) is 6.35. The first-order chi connectivity index (χ1) is 15.2. The summed E-state index contributed by atoms with van der Waals surface area (Å²) in [6, 6.07) is 15.3. The molecule has 6 nitrogen and oxygen atoms in total. The summed E-state index contributed by atoms with van der Waals surface area (Å²) in [5.74, 6) is -0.459. The molecule has 0 bridgehead atoms. The maximum Gasteiger partial charge on any atom is 0.265 e. The first kappa shape index (κ1) is 23.8. The van der Waals surface area contributed by atoms with Crippen molar-refractivity contribution in [2.75, 3.05) is 10.0 Å². The normalized spacial score (nSPS) is 12.1. The van der Waals surface area contributed by atoms with Crippen molar-refractivity contribution >= 4 is 50.5 Å². The Kier molecular flexibility index (Phi) is 7.60. The minimum Gasteiger partial charge on any atom is -0.481 e. The quantitative estimate of drug-likeness (QED) is 0.417. The molecule has 0 saturated carbocycles. The number of benzene rings is 3. The molecular weight excluding hydrogens is 478 g/mol. The van der Waals surface area contributed by atoms with Gasteiger partial charge < -0.3 is 10.1 Å². The number of anilines is 2. The highest BCUT2D eigenvalue weighted by Crippen LogP contribution is 2.25. The number of halogens is 3. The molecule has 0 aliphatic carbocycles. The van der Waals surface area contributed by atoms with Gasteiger partial charge in [-0.05, 0) is 73.2 Å². The highest BCUT2D eigenvalue weighted by atomic mass is 35.5. The fourth-order valence-electron chi connectivity index (χ4n) is 2.77. The van der Waals surface area contributed by atoms with E-state index in [1.165, 1.54) is 66.7 Å². The molecule has 3 aromatic carbocycles. The third-order valence-electron chi connectivity index (χ3n) is 4.30. The third-order valence-corrected chi connectivity index (χ3v) is 6.14. The van der Waals surface area contributed by atoms with Crippen molar-refractivity contribution in [1.82, 2.24) is 0 Å². The van der Waals surface area contributed by atoms with Crippen molar-refractivity contribution in [3.63, 3.8) is 0 Å². The van der Waals surface area contributed by atoms with E-state index in [0.717, 1.165) is 0 Å². The summed E-state index contributed by atoms with van der Waals surface area (Å²) in [6.45, 7) is 1.78. The summed E-state index contributed by atoms with van der Waals surface area (Å²) >= 11 is 11.8. The minimum absolute atomic E-state index is 0.0128. The summed E-state index contributed by atoms with van der Waals surface area (Å²) in [6.07, 6.45) is -0.431. The predicted molar refractivity (Wildman–Crippen MR) is 123 cm³/mol. The van der Waals surface area contributed by atoms with Crippen LogP contribution in [0.4, 0.5) is 15.8 Å². The lowest BCUT2D eigenvalue weighted by Crippen LogP contribution is -2.32. The molecule has 0 spiro atoms. The maximum atomic E-state index is 13.0. The molecule has 3 aromatic rings. The number of hydrogen-bond acceptors (Lipinski definition) is 4. The highest BCUT2D eigenvalue weighted by Gasteiger charge is 2.20. The zero-order valence-corrected chi connectivity index (χ0v) is 19.1. The Bertz CT molecular complexity index is 1180. The van der Waals surface area contributed by atoms with E-state index in [0.29, 0.717) is 27.9 Å². The Hall–Kier alpha value is -2.81. The Morgan fingerprint density at radius 3 is 2.12 bits per heavy atom. The van der Waals surface area contributed by atoms with E-state index in [2.05, 4.69) is 10.0 Å². The Labute approximate surface area is 195 Å². The molecule has 0 saturated heterocycles. The van der Waals surface area contributed by atoms with Crippen molar-refractivity contribution in [3.8, 4) is 5.75 Å². The number of nitrogens with one attached hydrogen (secondary N) is 2. The standard InChI is InChI=1S/C22H19Cl2FN2O4S/c1-2-21(31-19-7-3-16(25)4-8-19)22(28)26-17-5-9-20(10-6-17)32(29,30)27-18-12-14(23)11-15(24)13-18/h3-13,21,27H,2H2,1H3,(H,26,28)/t21-/m1/s1. The van der Waals surface area contributed by atoms with Crippen LogP contribution in [0.2, 0.25) is 10.0 Å². The lowest BCUT2D eigenvalue weighted by Gasteiger charge is -2.17. The summed E-state index contributed by atoms with van der Waals surface area (Å²) in [5, 5.41) is 3.27. The molecule has 0 radical (unpaired) electrons. The number of rotatable bonds is 8. The molecule has 2 N–H and O–H groups in total. The topological polar surface area (TPSA) is 84.5 Å². The first-order valence-corrected chi connectivity index (χ1v) is 11.7. The van der Waals surface area contributed by atoms with Crippen LogP contribution in [0, 0.1) is 5.82 Å². The van der Waals surface area contributed by atoms with E-state index < -0.39 is 27.9 Å². The number of amides is 1. The van der Waals surface area contributed by atoms with E-state index in [9.17, 15) is 17.6 Å². The maximum absolute atomic E-state index is 13.0. The van der Waals surface area contributed by atoms with Crippen LogP contribution in [-0.2, 0) is 14.8 Å². The second-order valence-electron chi connectivity index (χ2n) is 6.75. The predicted octanol–water partition coefficient (Wildman–Crippen LogP) is 5.73. The van der Waals surface area contributed by atoms with Gasteiger partial charge >= 0.3 is 0 Å². The Morgan fingerprint density at radius 2 is 1.56 bits per heavy atom. The molecule has 3 rings (SSSR count). The second kappa shape index (κ2) is 10.2. The zero-order valence-electron chi connectivity index (χ0n) is 16.8. The Balaban J connectivity index is 1.67. The average Bonchev–Trinajstić information content (AvgIpc) is 2.72. The lowest BCUT2D eigenvalue weighted by molar-refractivity contribution is -0.122. The molecule has 0 aromatic heterocycles. The van der Waals surface area contributed by atoms with Gasteiger partial charge in [0, 0.05) is 15.7 Å². The number of carbonyl (C=O) groups excluding carboxylic acids is 1. The number of carbonyl (C=O) groups is 1. The molecule has 0 aliphatic rings. The summed E-state index contributed by atoms with van der Waals surface area (Å²) in [7, 11) is -3.89. The molecule has 168 valence electrons. The number of hydrogen-bond donors (Lipinski definition) is 2. The van der Waals surface area contributed by atoms with Crippen LogP contribution < -0.4 is 14.8 Å². The molecular formula is C22H19Cl2FN2O4S. The van der Waals surface area contributed by atoms with Crippen molar-refractivity contribution < 1.29 is 22.3 Å². The van der Waals surface area contributed by atoms with Crippen LogP contribution in [-0.4, -0.2) is 20.4 Å². The van der Waals surface area contributed by atoms with Gasteiger partial charge in [-0.15, -0.1) is 0 Å². The van der Waals surface area contributed by atoms with Gasteiger partial charge in [0.2, 0.25) is 0 Å². The van der Waals surface area contributed by atoms with Gasteiger partial charge in [0.1, 0.15) is 11.6 Å². The van der Waals surface area contributed by atoms with Gasteiger partial charge in [-0.2, -0.15) is 0 Å². The molecule has 0 unspecified atom stereocenters. The van der Waals surface area contributed by atoms with Crippen LogP contribution in [0.1, 0.15) is 13.3 Å². The fraction of sp³-hybridized carbons (Fsp3) is 0.136. The zero-order chi connectivity index (χ0) is 23.3. The second-order valence-corrected chi connectivity index (χ2v) is 9.30.